The number of fused-ring (bicyclic) bond motifs is 1. The standard InChI is InChI=1S/C22H23NO2/c1-22(2,3)21(25)18-9-7-11-20(24)17(18)13-12-16-14-15-8-5-6-10-19(15)23(16)4/h5-14,24H,1-4H3. The Morgan fingerprint density at radius 2 is 1.76 bits per heavy atom. The van der Waals surface area contributed by atoms with Crippen LogP contribution < -0.4 is 0 Å². The van der Waals surface area contributed by atoms with Gasteiger partial charge >= 0.3 is 0 Å². The van der Waals surface area contributed by atoms with E-state index in [0.29, 0.717) is 11.1 Å². The van der Waals surface area contributed by atoms with Gasteiger partial charge in [0.2, 0.25) is 0 Å². The minimum Gasteiger partial charge on any atom is -0.507 e. The molecule has 1 N–H and O–H groups in total. The largest absolute Gasteiger partial charge is 0.507 e. The monoisotopic (exact) mass is 333 g/mol. The Morgan fingerprint density at radius 1 is 1.04 bits per heavy atom. The molecule has 0 saturated carbocycles. The van der Waals surface area contributed by atoms with E-state index in [9.17, 15) is 9.90 Å². The van der Waals surface area contributed by atoms with E-state index >= 15 is 0 Å². The Bertz CT molecular complexity index is 971. The van der Waals surface area contributed by atoms with Crippen LogP contribution in [0.2, 0.25) is 0 Å². The average molecular weight is 333 g/mol. The molecular formula is C22H23NO2. The lowest BCUT2D eigenvalue weighted by molar-refractivity contribution is 0.0857. The summed E-state index contributed by atoms with van der Waals surface area (Å²) in [5.74, 6) is 0.130. The molecule has 128 valence electrons. The lowest BCUT2D eigenvalue weighted by atomic mass is 9.84. The smallest absolute Gasteiger partial charge is 0.168 e. The van der Waals surface area contributed by atoms with E-state index in [0.717, 1.165) is 16.6 Å². The third-order valence-corrected chi connectivity index (χ3v) is 4.42. The number of hydrogen-bond acceptors (Lipinski definition) is 2. The number of hydrogen-bond donors (Lipinski definition) is 1. The van der Waals surface area contributed by atoms with Crippen LogP contribution in [0.5, 0.6) is 5.75 Å². The van der Waals surface area contributed by atoms with E-state index in [1.807, 2.05) is 52.1 Å². The summed E-state index contributed by atoms with van der Waals surface area (Å²) in [6, 6.07) is 15.4. The van der Waals surface area contributed by atoms with Gasteiger partial charge in [0.25, 0.3) is 0 Å². The van der Waals surface area contributed by atoms with Gasteiger partial charge in [-0.2, -0.15) is 0 Å². The number of para-hydroxylation sites is 1. The van der Waals surface area contributed by atoms with Crippen LogP contribution in [0.15, 0.2) is 48.5 Å². The summed E-state index contributed by atoms with van der Waals surface area (Å²) in [5.41, 5.74) is 2.76. The Balaban J connectivity index is 2.06. The van der Waals surface area contributed by atoms with Crippen LogP contribution in [0, 0.1) is 5.41 Å². The third-order valence-electron chi connectivity index (χ3n) is 4.42. The molecule has 0 unspecified atom stereocenters. The summed E-state index contributed by atoms with van der Waals surface area (Å²) in [7, 11) is 2.01. The molecule has 0 bridgehead atoms. The van der Waals surface area contributed by atoms with Crippen LogP contribution in [-0.2, 0) is 7.05 Å². The second-order valence-corrected chi connectivity index (χ2v) is 7.34. The van der Waals surface area contributed by atoms with Crippen LogP contribution >= 0.6 is 0 Å². The predicted molar refractivity (Wildman–Crippen MR) is 104 cm³/mol. The summed E-state index contributed by atoms with van der Waals surface area (Å²) in [6.07, 6.45) is 3.76. The number of phenols is 1. The minimum atomic E-state index is -0.504. The van der Waals surface area contributed by atoms with Gasteiger partial charge in [0, 0.05) is 40.2 Å². The van der Waals surface area contributed by atoms with Crippen molar-refractivity contribution in [3.8, 4) is 5.75 Å². The topological polar surface area (TPSA) is 42.2 Å². The van der Waals surface area contributed by atoms with Crippen molar-refractivity contribution in [1.82, 2.24) is 4.57 Å². The quantitative estimate of drug-likeness (QED) is 0.662. The molecule has 3 nitrogen and oxygen atoms in total. The normalized spacial score (nSPS) is 12.2. The van der Waals surface area contributed by atoms with E-state index in [1.165, 1.54) is 0 Å². The molecule has 0 saturated heterocycles. The Morgan fingerprint density at radius 3 is 2.44 bits per heavy atom. The van der Waals surface area contributed by atoms with Gasteiger partial charge in [-0.15, -0.1) is 0 Å². The molecule has 0 amide bonds. The highest BCUT2D eigenvalue weighted by Gasteiger charge is 2.25. The molecule has 0 atom stereocenters. The zero-order valence-corrected chi connectivity index (χ0v) is 15.1. The number of carbonyl (C=O) groups is 1. The number of nitrogens with zero attached hydrogens (tertiary/aromatic N) is 1. The zero-order valence-electron chi connectivity index (χ0n) is 15.1. The summed E-state index contributed by atoms with van der Waals surface area (Å²) in [4.78, 5) is 12.7. The number of rotatable bonds is 3. The Kier molecular flexibility index (Phi) is 4.25. The van der Waals surface area contributed by atoms with Crippen molar-refractivity contribution in [2.24, 2.45) is 12.5 Å². The van der Waals surface area contributed by atoms with E-state index in [4.69, 9.17) is 0 Å². The fraction of sp³-hybridized carbons (Fsp3) is 0.227. The maximum absolute atomic E-state index is 12.7. The van der Waals surface area contributed by atoms with Crippen molar-refractivity contribution < 1.29 is 9.90 Å². The molecule has 1 heterocycles. The number of aromatic hydroxyl groups is 1. The van der Waals surface area contributed by atoms with Gasteiger partial charge < -0.3 is 9.67 Å². The third kappa shape index (κ3) is 3.22. The van der Waals surface area contributed by atoms with Crippen molar-refractivity contribution in [3.05, 3.63) is 65.4 Å². The number of Topliss-reactive ketones (excluding diaryl/α,β-unsaturated/α-hetero) is 1. The van der Waals surface area contributed by atoms with Crippen molar-refractivity contribution in [2.75, 3.05) is 0 Å². The molecule has 0 aliphatic carbocycles. The van der Waals surface area contributed by atoms with Gasteiger partial charge in [-0.25, -0.2) is 0 Å². The van der Waals surface area contributed by atoms with Crippen LogP contribution in [-0.4, -0.2) is 15.5 Å². The van der Waals surface area contributed by atoms with Gasteiger partial charge in [0.15, 0.2) is 5.78 Å². The summed E-state index contributed by atoms with van der Waals surface area (Å²) in [6.45, 7) is 5.66. The van der Waals surface area contributed by atoms with E-state index in [2.05, 4.69) is 22.8 Å². The fourth-order valence-electron chi connectivity index (χ4n) is 2.97. The maximum Gasteiger partial charge on any atom is 0.168 e. The van der Waals surface area contributed by atoms with Gasteiger partial charge in [0.05, 0.1) is 0 Å². The lowest BCUT2D eigenvalue weighted by Crippen LogP contribution is -2.21. The summed E-state index contributed by atoms with van der Waals surface area (Å²) >= 11 is 0. The number of carbonyl (C=O) groups excluding carboxylic acids is 1. The number of aromatic nitrogens is 1. The summed E-state index contributed by atoms with van der Waals surface area (Å²) in [5, 5.41) is 11.4. The van der Waals surface area contributed by atoms with Gasteiger partial charge in [0.1, 0.15) is 5.75 Å². The minimum absolute atomic E-state index is 0.0140. The van der Waals surface area contributed by atoms with Gasteiger partial charge in [-0.3, -0.25) is 4.79 Å². The number of benzene rings is 2. The van der Waals surface area contributed by atoms with Gasteiger partial charge in [-0.05, 0) is 30.4 Å². The Hall–Kier alpha value is -2.81. The molecular weight excluding hydrogens is 310 g/mol. The van der Waals surface area contributed by atoms with Crippen LogP contribution in [0.4, 0.5) is 0 Å². The SMILES string of the molecule is Cn1c(C=Cc2c(O)cccc2C(=O)C(C)(C)C)cc2ccccc21. The highest BCUT2D eigenvalue weighted by Crippen LogP contribution is 2.30. The molecule has 3 rings (SSSR count). The first kappa shape index (κ1) is 17.0. The average Bonchev–Trinajstić information content (AvgIpc) is 2.88. The molecule has 1 aromatic heterocycles. The van der Waals surface area contributed by atoms with Crippen LogP contribution in [0.3, 0.4) is 0 Å². The predicted octanol–water partition coefficient (Wildman–Crippen LogP) is 5.28. The molecule has 0 aliphatic rings. The molecule has 0 spiro atoms. The van der Waals surface area contributed by atoms with E-state index in [-0.39, 0.29) is 11.5 Å². The molecule has 2 aromatic carbocycles. The number of aryl methyl sites for hydroxylation is 1. The summed E-state index contributed by atoms with van der Waals surface area (Å²) < 4.78 is 2.09. The first-order chi connectivity index (χ1) is 11.8. The van der Waals surface area contributed by atoms with Crippen molar-refractivity contribution >= 4 is 28.8 Å². The first-order valence-corrected chi connectivity index (χ1v) is 8.38. The van der Waals surface area contributed by atoms with E-state index < -0.39 is 5.41 Å². The van der Waals surface area contributed by atoms with Gasteiger partial charge in [-0.1, -0.05) is 51.1 Å². The maximum atomic E-state index is 12.7. The molecule has 3 aromatic rings. The van der Waals surface area contributed by atoms with Crippen LogP contribution in [0.25, 0.3) is 23.1 Å². The second-order valence-electron chi connectivity index (χ2n) is 7.34. The molecule has 0 aliphatic heterocycles. The Labute approximate surface area is 148 Å². The zero-order chi connectivity index (χ0) is 18.2. The highest BCUT2D eigenvalue weighted by molar-refractivity contribution is 6.04. The number of ketones is 1. The highest BCUT2D eigenvalue weighted by atomic mass is 16.3. The van der Waals surface area contributed by atoms with Crippen molar-refractivity contribution in [3.63, 3.8) is 0 Å². The van der Waals surface area contributed by atoms with Crippen molar-refractivity contribution in [1.29, 1.82) is 0 Å². The van der Waals surface area contributed by atoms with E-state index in [1.54, 1.807) is 18.2 Å². The molecule has 3 heteroatoms. The van der Waals surface area contributed by atoms with Crippen molar-refractivity contribution in [2.45, 2.75) is 20.8 Å². The lowest BCUT2D eigenvalue weighted by Gasteiger charge is -2.18. The second kappa shape index (κ2) is 6.25. The molecule has 0 fully saturated rings. The number of phenolic OH excluding ortho intramolecular Hbond substituents is 1. The van der Waals surface area contributed by atoms with Crippen LogP contribution in [0.1, 0.15) is 42.4 Å². The first-order valence-electron chi connectivity index (χ1n) is 8.38. The fourth-order valence-corrected chi connectivity index (χ4v) is 2.97. The molecule has 0 radical (unpaired) electrons. The molecule has 25 heavy (non-hydrogen) atoms.